The highest BCUT2D eigenvalue weighted by molar-refractivity contribution is 5.96. The van der Waals surface area contributed by atoms with E-state index in [1.54, 1.807) is 31.5 Å². The number of amides is 1. The van der Waals surface area contributed by atoms with Crippen LogP contribution in [0.15, 0.2) is 56.4 Å². The molecule has 0 unspecified atom stereocenters. The number of rotatable bonds is 7. The lowest BCUT2D eigenvalue weighted by Crippen LogP contribution is -2.49. The van der Waals surface area contributed by atoms with Crippen LogP contribution >= 0.6 is 0 Å². The highest BCUT2D eigenvalue weighted by Crippen LogP contribution is 2.29. The maximum Gasteiger partial charge on any atom is 0.339 e. The van der Waals surface area contributed by atoms with E-state index >= 15 is 0 Å². The minimum absolute atomic E-state index is 0.0330. The molecular formula is C27H23N2O7-. The SMILES string of the molecule is Cc1coc2cc3oc(=O)c(CCC(=O)N[C@H](Cc4c[nH]c5ccc(O)cc45)C(=O)[O-])c(C)c3cc12. The second kappa shape index (κ2) is 8.92. The summed E-state index contributed by atoms with van der Waals surface area (Å²) in [6, 6.07) is 7.01. The van der Waals surface area contributed by atoms with Gasteiger partial charge in [0.1, 0.15) is 16.9 Å². The predicted molar refractivity (Wildman–Crippen MR) is 131 cm³/mol. The highest BCUT2D eigenvalue weighted by Gasteiger charge is 2.19. The van der Waals surface area contributed by atoms with Gasteiger partial charge in [-0.05, 0) is 61.2 Å². The molecule has 0 bridgehead atoms. The van der Waals surface area contributed by atoms with Crippen LogP contribution < -0.4 is 16.0 Å². The van der Waals surface area contributed by atoms with Gasteiger partial charge in [0.15, 0.2) is 0 Å². The van der Waals surface area contributed by atoms with Crippen molar-refractivity contribution in [2.75, 3.05) is 0 Å². The molecule has 0 aliphatic rings. The first-order valence-corrected chi connectivity index (χ1v) is 11.4. The number of aromatic nitrogens is 1. The summed E-state index contributed by atoms with van der Waals surface area (Å²) in [6.07, 6.45) is 3.21. The standard InChI is InChI=1S/C27H24N2O7/c1-13-12-35-23-10-24-19(9-18(13)23)14(2)17(27(34)36-24)4-6-25(31)29-22(26(32)33)7-15-11-28-21-5-3-16(30)8-20(15)21/h3,5,8-12,22,28,30H,4,6-7H2,1-2H3,(H,29,31)(H,32,33)/p-1/t22-/m1/s1. The topological polar surface area (TPSA) is 149 Å². The van der Waals surface area contributed by atoms with E-state index in [1.165, 1.54) is 12.1 Å². The number of hydrogen-bond acceptors (Lipinski definition) is 7. The summed E-state index contributed by atoms with van der Waals surface area (Å²) in [4.78, 5) is 40.1. The average Bonchev–Trinajstić information content (AvgIpc) is 3.40. The molecule has 1 atom stereocenters. The monoisotopic (exact) mass is 487 g/mol. The molecule has 0 spiro atoms. The summed E-state index contributed by atoms with van der Waals surface area (Å²) in [5, 5.41) is 26.3. The van der Waals surface area contributed by atoms with Crippen molar-refractivity contribution < 1.29 is 28.6 Å². The van der Waals surface area contributed by atoms with E-state index in [0.717, 1.165) is 21.9 Å². The molecule has 9 nitrogen and oxygen atoms in total. The molecule has 0 aliphatic carbocycles. The van der Waals surface area contributed by atoms with Crippen LogP contribution in [0.4, 0.5) is 0 Å². The lowest BCUT2D eigenvalue weighted by atomic mass is 10.00. The number of fused-ring (bicyclic) bond motifs is 3. The number of aromatic amines is 1. The number of benzene rings is 2. The number of aryl methyl sites for hydroxylation is 2. The van der Waals surface area contributed by atoms with Crippen molar-refractivity contribution >= 4 is 44.7 Å². The first kappa shape index (κ1) is 23.2. The zero-order valence-corrected chi connectivity index (χ0v) is 19.6. The number of carbonyl (C=O) groups excluding carboxylic acids is 2. The largest absolute Gasteiger partial charge is 0.548 e. The van der Waals surface area contributed by atoms with E-state index in [4.69, 9.17) is 8.83 Å². The number of nitrogens with one attached hydrogen (secondary N) is 2. The van der Waals surface area contributed by atoms with Gasteiger partial charge in [0.25, 0.3) is 0 Å². The molecule has 0 aliphatic heterocycles. The molecule has 0 saturated heterocycles. The van der Waals surface area contributed by atoms with Gasteiger partial charge in [-0.1, -0.05) is 0 Å². The number of furan rings is 1. The third-order valence-corrected chi connectivity index (χ3v) is 6.57. The van der Waals surface area contributed by atoms with Crippen LogP contribution in [0.3, 0.4) is 0 Å². The molecule has 2 aromatic carbocycles. The molecule has 36 heavy (non-hydrogen) atoms. The molecule has 0 saturated carbocycles. The fraction of sp³-hybridized carbons (Fsp3) is 0.222. The molecule has 0 fully saturated rings. The van der Waals surface area contributed by atoms with Gasteiger partial charge in [-0.2, -0.15) is 0 Å². The molecular weight excluding hydrogens is 464 g/mol. The van der Waals surface area contributed by atoms with Gasteiger partial charge in [-0.3, -0.25) is 4.79 Å². The molecule has 5 aromatic rings. The number of carbonyl (C=O) groups is 2. The van der Waals surface area contributed by atoms with Crippen LogP contribution in [0.25, 0.3) is 32.8 Å². The Morgan fingerprint density at radius 1 is 1.11 bits per heavy atom. The van der Waals surface area contributed by atoms with E-state index in [2.05, 4.69) is 10.3 Å². The number of aromatic hydroxyl groups is 1. The minimum atomic E-state index is -1.43. The van der Waals surface area contributed by atoms with Gasteiger partial charge in [0, 0.05) is 52.3 Å². The van der Waals surface area contributed by atoms with E-state index < -0.39 is 23.5 Å². The maximum absolute atomic E-state index is 12.7. The molecule has 3 heterocycles. The fourth-order valence-corrected chi connectivity index (χ4v) is 4.58. The normalized spacial score (nSPS) is 12.4. The van der Waals surface area contributed by atoms with Gasteiger partial charge in [-0.25, -0.2) is 4.79 Å². The van der Waals surface area contributed by atoms with Crippen molar-refractivity contribution in [1.29, 1.82) is 0 Å². The molecule has 1 amide bonds. The Kier molecular flexibility index (Phi) is 5.75. The Bertz CT molecular complexity index is 1710. The van der Waals surface area contributed by atoms with E-state index in [-0.39, 0.29) is 25.0 Å². The number of aliphatic carboxylic acids is 1. The van der Waals surface area contributed by atoms with Crippen LogP contribution in [0.5, 0.6) is 5.75 Å². The Morgan fingerprint density at radius 2 is 1.92 bits per heavy atom. The van der Waals surface area contributed by atoms with Crippen LogP contribution in [0, 0.1) is 13.8 Å². The second-order valence-electron chi connectivity index (χ2n) is 8.94. The van der Waals surface area contributed by atoms with Crippen molar-refractivity contribution in [2.45, 2.75) is 39.2 Å². The number of H-pyrrole nitrogens is 1. The third-order valence-electron chi connectivity index (χ3n) is 6.57. The zero-order chi connectivity index (χ0) is 25.6. The molecule has 5 rings (SSSR count). The van der Waals surface area contributed by atoms with Gasteiger partial charge in [-0.15, -0.1) is 0 Å². The van der Waals surface area contributed by atoms with Crippen molar-refractivity contribution in [3.63, 3.8) is 0 Å². The van der Waals surface area contributed by atoms with Gasteiger partial charge >= 0.3 is 5.63 Å². The molecule has 184 valence electrons. The van der Waals surface area contributed by atoms with Gasteiger partial charge in [0.05, 0.1) is 18.3 Å². The number of hydrogen-bond donors (Lipinski definition) is 3. The number of carboxylic acids is 1. The quantitative estimate of drug-likeness (QED) is 0.299. The minimum Gasteiger partial charge on any atom is -0.548 e. The first-order valence-electron chi connectivity index (χ1n) is 11.4. The van der Waals surface area contributed by atoms with Crippen molar-refractivity contribution in [2.24, 2.45) is 0 Å². The summed E-state index contributed by atoms with van der Waals surface area (Å²) in [7, 11) is 0. The van der Waals surface area contributed by atoms with Crippen molar-refractivity contribution in [3.05, 3.63) is 75.5 Å². The molecule has 3 N–H and O–H groups in total. The summed E-state index contributed by atoms with van der Waals surface area (Å²) in [5.41, 5.74) is 3.82. The number of phenols is 1. The summed E-state index contributed by atoms with van der Waals surface area (Å²) >= 11 is 0. The Hall–Kier alpha value is -4.53. The molecule has 9 heteroatoms. The summed E-state index contributed by atoms with van der Waals surface area (Å²) < 4.78 is 11.0. The summed E-state index contributed by atoms with van der Waals surface area (Å²) in [5.74, 6) is -1.92. The highest BCUT2D eigenvalue weighted by atomic mass is 16.4. The lowest BCUT2D eigenvalue weighted by Gasteiger charge is -2.19. The van der Waals surface area contributed by atoms with Gasteiger partial charge in [0.2, 0.25) is 5.91 Å². The number of carboxylic acid groups (broad SMARTS) is 1. The van der Waals surface area contributed by atoms with Crippen LogP contribution in [-0.2, 0) is 22.4 Å². The van der Waals surface area contributed by atoms with Crippen LogP contribution in [0.2, 0.25) is 0 Å². The van der Waals surface area contributed by atoms with Crippen molar-refractivity contribution in [1.82, 2.24) is 10.3 Å². The van der Waals surface area contributed by atoms with E-state index in [9.17, 15) is 24.6 Å². The molecule has 0 radical (unpaired) electrons. The second-order valence-corrected chi connectivity index (χ2v) is 8.94. The van der Waals surface area contributed by atoms with Crippen molar-refractivity contribution in [3.8, 4) is 5.75 Å². The van der Waals surface area contributed by atoms with Crippen LogP contribution in [0.1, 0.15) is 28.7 Å². The number of phenolic OH excluding ortho intramolecular Hbond substituents is 1. The predicted octanol–water partition coefficient (Wildman–Crippen LogP) is 2.75. The van der Waals surface area contributed by atoms with Crippen LogP contribution in [-0.4, -0.2) is 28.0 Å². The van der Waals surface area contributed by atoms with Gasteiger partial charge < -0.3 is 34.1 Å². The van der Waals surface area contributed by atoms with E-state index in [0.29, 0.717) is 33.2 Å². The Balaban J connectivity index is 1.33. The van der Waals surface area contributed by atoms with E-state index in [1.807, 2.05) is 13.0 Å². The lowest BCUT2D eigenvalue weighted by molar-refractivity contribution is -0.308. The zero-order valence-electron chi connectivity index (χ0n) is 19.6. The third kappa shape index (κ3) is 4.19. The fourth-order valence-electron chi connectivity index (χ4n) is 4.58. The maximum atomic E-state index is 12.7. The Labute approximate surface area is 204 Å². The average molecular weight is 487 g/mol. The smallest absolute Gasteiger partial charge is 0.339 e. The Morgan fingerprint density at radius 3 is 2.69 bits per heavy atom. The molecule has 3 aromatic heterocycles. The first-order chi connectivity index (χ1) is 17.2. The summed E-state index contributed by atoms with van der Waals surface area (Å²) in [6.45, 7) is 3.72.